The highest BCUT2D eigenvalue weighted by Crippen LogP contribution is 2.26. The summed E-state index contributed by atoms with van der Waals surface area (Å²) in [7, 11) is 0. The van der Waals surface area contributed by atoms with E-state index in [0.29, 0.717) is 23.0 Å². The van der Waals surface area contributed by atoms with E-state index in [1.54, 1.807) is 0 Å². The molecule has 2 heterocycles. The number of hydrogen-bond donors (Lipinski definition) is 2. The number of aromatic nitrogens is 3. The Balaban J connectivity index is 1.93. The molecule has 0 unspecified atom stereocenters. The van der Waals surface area contributed by atoms with Gasteiger partial charge in [-0.15, -0.1) is 0 Å². The molecule has 1 aromatic carbocycles. The van der Waals surface area contributed by atoms with Gasteiger partial charge in [0, 0.05) is 23.1 Å². The zero-order valence-corrected chi connectivity index (χ0v) is 12.7. The summed E-state index contributed by atoms with van der Waals surface area (Å²) in [6.07, 6.45) is 0.471. The van der Waals surface area contributed by atoms with Gasteiger partial charge in [-0.1, -0.05) is 15.9 Å². The van der Waals surface area contributed by atoms with Gasteiger partial charge in [-0.25, -0.2) is 14.3 Å². The molecule has 1 amide bonds. The summed E-state index contributed by atoms with van der Waals surface area (Å²) in [6, 6.07) is 3.14. The summed E-state index contributed by atoms with van der Waals surface area (Å²) in [5.41, 5.74) is -0.833. The lowest BCUT2D eigenvalue weighted by atomic mass is 9.99. The third-order valence-electron chi connectivity index (χ3n) is 3.45. The first-order valence-corrected chi connectivity index (χ1v) is 7.20. The number of rotatable bonds is 1. The lowest BCUT2D eigenvalue weighted by Crippen LogP contribution is -2.41. The monoisotopic (exact) mass is 368 g/mol. The fourth-order valence-electron chi connectivity index (χ4n) is 2.40. The summed E-state index contributed by atoms with van der Waals surface area (Å²) in [6.45, 7) is 0.384. The van der Waals surface area contributed by atoms with Gasteiger partial charge in [0.25, 0.3) is 11.5 Å². The second kappa shape index (κ2) is 5.48. The number of H-pyrrole nitrogens is 2. The summed E-state index contributed by atoms with van der Waals surface area (Å²) in [4.78, 5) is 38.1. The van der Waals surface area contributed by atoms with Crippen LogP contribution in [0.3, 0.4) is 0 Å². The number of nitrogens with zero attached hydrogens (tertiary/aromatic N) is 2. The summed E-state index contributed by atoms with van der Waals surface area (Å²) < 4.78 is 14.6. The molecule has 0 atom stereocenters. The predicted molar refractivity (Wildman–Crippen MR) is 78.0 cm³/mol. The van der Waals surface area contributed by atoms with Crippen LogP contribution in [-0.4, -0.2) is 32.5 Å². The number of amides is 1. The number of fused-ring (bicyclic) bond motifs is 1. The van der Waals surface area contributed by atoms with Crippen LogP contribution in [0.4, 0.5) is 4.39 Å². The van der Waals surface area contributed by atoms with Crippen LogP contribution < -0.4 is 11.2 Å². The molecule has 1 aliphatic heterocycles. The lowest BCUT2D eigenvalue weighted by molar-refractivity contribution is 0.0723. The molecule has 3 rings (SSSR count). The summed E-state index contributed by atoms with van der Waals surface area (Å²) in [5, 5.41) is 5.48. The Labute approximate surface area is 131 Å². The second-order valence-electron chi connectivity index (χ2n) is 4.86. The number of carbonyl (C=O) groups excluding carboxylic acids is 1. The maximum absolute atomic E-state index is 14.0. The SMILES string of the molecule is O=C(c1n[nH]c(=O)[nH]c1=O)N1CCc2cc(Br)cc(F)c2C1. The number of hydrogen-bond acceptors (Lipinski definition) is 4. The first-order chi connectivity index (χ1) is 10.5. The minimum atomic E-state index is -0.865. The standard InChI is InChI=1S/C13H10BrFN4O3/c14-7-3-6-1-2-19(5-8(6)9(15)4-7)12(21)10-11(20)16-13(22)18-17-10/h3-4H,1-2,5H2,(H2,16,18,20,22). The first-order valence-electron chi connectivity index (χ1n) is 6.41. The lowest BCUT2D eigenvalue weighted by Gasteiger charge is -2.28. The van der Waals surface area contributed by atoms with Crippen molar-refractivity contribution in [2.45, 2.75) is 13.0 Å². The number of halogens is 2. The molecule has 0 radical (unpaired) electrons. The van der Waals surface area contributed by atoms with Gasteiger partial charge in [0.05, 0.1) is 0 Å². The third kappa shape index (κ3) is 2.59. The average molecular weight is 369 g/mol. The molecule has 0 aliphatic carbocycles. The van der Waals surface area contributed by atoms with E-state index in [-0.39, 0.29) is 6.54 Å². The van der Waals surface area contributed by atoms with Crippen LogP contribution in [0.5, 0.6) is 0 Å². The number of benzene rings is 1. The molecule has 1 aliphatic rings. The highest BCUT2D eigenvalue weighted by molar-refractivity contribution is 9.10. The number of nitrogens with one attached hydrogen (secondary N) is 2. The second-order valence-corrected chi connectivity index (χ2v) is 5.77. The minimum Gasteiger partial charge on any atom is -0.332 e. The fraction of sp³-hybridized carbons (Fsp3) is 0.231. The van der Waals surface area contributed by atoms with Gasteiger partial charge in [0.2, 0.25) is 5.69 Å². The van der Waals surface area contributed by atoms with Gasteiger partial charge < -0.3 is 4.90 Å². The summed E-state index contributed by atoms with van der Waals surface area (Å²) in [5.74, 6) is -1.06. The van der Waals surface area contributed by atoms with Crippen molar-refractivity contribution in [3.05, 3.63) is 60.1 Å². The zero-order valence-electron chi connectivity index (χ0n) is 11.2. The molecule has 0 bridgehead atoms. The molecule has 2 N–H and O–H groups in total. The van der Waals surface area contributed by atoms with Crippen molar-refractivity contribution < 1.29 is 9.18 Å². The maximum atomic E-state index is 14.0. The fourth-order valence-corrected chi connectivity index (χ4v) is 2.88. The number of aromatic amines is 2. The first kappa shape index (κ1) is 14.6. The van der Waals surface area contributed by atoms with Gasteiger partial charge in [-0.2, -0.15) is 5.10 Å². The minimum absolute atomic E-state index is 0.0491. The van der Waals surface area contributed by atoms with Crippen molar-refractivity contribution in [3.63, 3.8) is 0 Å². The molecular formula is C13H10BrFN4O3. The molecule has 0 fully saturated rings. The van der Waals surface area contributed by atoms with Crippen LogP contribution in [0.15, 0.2) is 26.2 Å². The molecular weight excluding hydrogens is 359 g/mol. The van der Waals surface area contributed by atoms with Crippen molar-refractivity contribution in [1.29, 1.82) is 0 Å². The van der Waals surface area contributed by atoms with Crippen molar-refractivity contribution in [3.8, 4) is 0 Å². The van der Waals surface area contributed by atoms with E-state index in [1.165, 1.54) is 11.0 Å². The van der Waals surface area contributed by atoms with Gasteiger partial charge in [-0.3, -0.25) is 14.6 Å². The Kier molecular flexibility index (Phi) is 3.65. The Morgan fingerprint density at radius 2 is 2.14 bits per heavy atom. The molecule has 0 saturated carbocycles. The predicted octanol–water partition coefficient (Wildman–Crippen LogP) is 0.558. The molecule has 1 aromatic heterocycles. The van der Waals surface area contributed by atoms with Crippen molar-refractivity contribution in [2.24, 2.45) is 0 Å². The molecule has 114 valence electrons. The smallest absolute Gasteiger partial charge is 0.332 e. The van der Waals surface area contributed by atoms with E-state index in [9.17, 15) is 18.8 Å². The normalized spacial score (nSPS) is 13.8. The van der Waals surface area contributed by atoms with Gasteiger partial charge >= 0.3 is 5.69 Å². The van der Waals surface area contributed by atoms with E-state index in [2.05, 4.69) is 21.0 Å². The molecule has 7 nitrogen and oxygen atoms in total. The largest absolute Gasteiger partial charge is 0.342 e. The molecule has 9 heteroatoms. The molecule has 22 heavy (non-hydrogen) atoms. The van der Waals surface area contributed by atoms with Crippen LogP contribution in [0.2, 0.25) is 0 Å². The van der Waals surface area contributed by atoms with E-state index in [4.69, 9.17) is 0 Å². The molecule has 2 aromatic rings. The zero-order chi connectivity index (χ0) is 15.9. The topological polar surface area (TPSA) is 98.9 Å². The van der Waals surface area contributed by atoms with Gasteiger partial charge in [0.15, 0.2) is 0 Å². The van der Waals surface area contributed by atoms with Crippen LogP contribution in [0, 0.1) is 5.82 Å². The number of carbonyl (C=O) groups is 1. The van der Waals surface area contributed by atoms with Crippen LogP contribution in [0.25, 0.3) is 0 Å². The van der Waals surface area contributed by atoms with E-state index in [0.717, 1.165) is 5.56 Å². The Morgan fingerprint density at radius 1 is 1.36 bits per heavy atom. The Hall–Kier alpha value is -2.29. The highest BCUT2D eigenvalue weighted by atomic mass is 79.9. The summed E-state index contributed by atoms with van der Waals surface area (Å²) >= 11 is 3.23. The Bertz CT molecular complexity index is 876. The van der Waals surface area contributed by atoms with Gasteiger partial charge in [0.1, 0.15) is 5.82 Å². The van der Waals surface area contributed by atoms with Crippen LogP contribution >= 0.6 is 15.9 Å². The molecule has 0 saturated heterocycles. The Morgan fingerprint density at radius 3 is 2.86 bits per heavy atom. The van der Waals surface area contributed by atoms with Crippen LogP contribution in [0.1, 0.15) is 21.6 Å². The quantitative estimate of drug-likeness (QED) is 0.767. The maximum Gasteiger partial charge on any atom is 0.342 e. The average Bonchev–Trinajstić information content (AvgIpc) is 2.46. The van der Waals surface area contributed by atoms with Crippen molar-refractivity contribution in [1.82, 2.24) is 20.1 Å². The van der Waals surface area contributed by atoms with Crippen molar-refractivity contribution in [2.75, 3.05) is 6.54 Å². The molecule has 0 spiro atoms. The van der Waals surface area contributed by atoms with E-state index in [1.807, 2.05) is 16.1 Å². The van der Waals surface area contributed by atoms with Crippen molar-refractivity contribution >= 4 is 21.8 Å². The van der Waals surface area contributed by atoms with E-state index < -0.39 is 28.7 Å². The van der Waals surface area contributed by atoms with Gasteiger partial charge in [-0.05, 0) is 24.1 Å². The highest BCUT2D eigenvalue weighted by Gasteiger charge is 2.27. The third-order valence-corrected chi connectivity index (χ3v) is 3.91. The van der Waals surface area contributed by atoms with Crippen LogP contribution in [-0.2, 0) is 13.0 Å². The van der Waals surface area contributed by atoms with E-state index >= 15 is 0 Å².